The molecule has 6 nitrogen and oxygen atoms in total. The van der Waals surface area contributed by atoms with Gasteiger partial charge in [-0.3, -0.25) is 14.5 Å². The molecule has 1 aliphatic heterocycles. The molecule has 1 N–H and O–H groups in total. The van der Waals surface area contributed by atoms with Crippen molar-refractivity contribution in [3.8, 4) is 5.75 Å². The molecule has 1 saturated heterocycles. The molecule has 0 aromatic heterocycles. The average Bonchev–Trinajstić information content (AvgIpc) is 3.09. The van der Waals surface area contributed by atoms with E-state index in [-0.39, 0.29) is 39.9 Å². The van der Waals surface area contributed by atoms with Crippen molar-refractivity contribution in [2.45, 2.75) is 0 Å². The average molecular weight is 523 g/mol. The van der Waals surface area contributed by atoms with Gasteiger partial charge in [0.2, 0.25) is 0 Å². The summed E-state index contributed by atoms with van der Waals surface area (Å²) in [6.07, 6.45) is 6.96. The van der Waals surface area contributed by atoms with E-state index in [4.69, 9.17) is 39.5 Å². The normalized spacial score (nSPS) is 16.1. The predicted octanol–water partition coefficient (Wildman–Crippen LogP) is 5.77. The molecule has 0 saturated carbocycles. The Morgan fingerprint density at radius 3 is 2.61 bits per heavy atom. The van der Waals surface area contributed by atoms with Crippen molar-refractivity contribution in [2.24, 2.45) is 5.10 Å². The number of hydrogen-bond acceptors (Lipinski definition) is 5. The number of allylic oxidation sites excluding steroid dienone is 2. The SMILES string of the molecule is C=CCN1C(=O)C(=CC=Cc2ccccc2)SC1=NNC(=O)COc1cc(Cl)c(Cl)cc1Cl. The van der Waals surface area contributed by atoms with Gasteiger partial charge in [0.05, 0.1) is 20.0 Å². The molecule has 2 aromatic rings. The number of nitrogens with one attached hydrogen (secondary N) is 1. The number of hydrogen-bond donors (Lipinski definition) is 1. The minimum atomic E-state index is -0.544. The van der Waals surface area contributed by atoms with Crippen molar-refractivity contribution in [1.29, 1.82) is 0 Å². The van der Waals surface area contributed by atoms with Crippen LogP contribution < -0.4 is 10.2 Å². The van der Waals surface area contributed by atoms with Crippen LogP contribution in [-0.2, 0) is 9.59 Å². The fourth-order valence-electron chi connectivity index (χ4n) is 2.61. The lowest BCUT2D eigenvalue weighted by Gasteiger charge is -2.12. The van der Waals surface area contributed by atoms with Gasteiger partial charge in [0.1, 0.15) is 5.75 Å². The third kappa shape index (κ3) is 6.88. The summed E-state index contributed by atoms with van der Waals surface area (Å²) < 4.78 is 5.38. The molecule has 3 rings (SSSR count). The van der Waals surface area contributed by atoms with E-state index in [0.717, 1.165) is 17.3 Å². The Bertz CT molecular complexity index is 1150. The second-order valence-electron chi connectivity index (χ2n) is 6.52. The third-order valence-electron chi connectivity index (χ3n) is 4.15. The molecule has 2 aromatic carbocycles. The fourth-order valence-corrected chi connectivity index (χ4v) is 4.10. The number of halogens is 3. The molecular weight excluding hydrogens is 505 g/mol. The standard InChI is InChI=1S/C23H18Cl3N3O3S/c1-2-11-29-22(31)20(10-6-9-15-7-4-3-5-8-15)33-23(29)28-27-21(30)14-32-19-13-17(25)16(24)12-18(19)26/h2-10,12-13H,1,11,14H2,(H,27,30). The van der Waals surface area contributed by atoms with Crippen molar-refractivity contribution >= 4 is 69.6 Å². The van der Waals surface area contributed by atoms with Gasteiger partial charge >= 0.3 is 0 Å². The van der Waals surface area contributed by atoms with Crippen molar-refractivity contribution in [2.75, 3.05) is 13.2 Å². The first kappa shape index (κ1) is 24.9. The Kier molecular flexibility index (Phi) is 9.03. The quantitative estimate of drug-likeness (QED) is 0.207. The summed E-state index contributed by atoms with van der Waals surface area (Å²) in [5.74, 6) is -0.565. The van der Waals surface area contributed by atoms with E-state index in [2.05, 4.69) is 17.1 Å². The van der Waals surface area contributed by atoms with Crippen LogP contribution in [0, 0.1) is 0 Å². The van der Waals surface area contributed by atoms with Gasteiger partial charge in [-0.1, -0.05) is 83.4 Å². The number of carbonyl (C=O) groups excluding carboxylic acids is 2. The lowest BCUT2D eigenvalue weighted by Crippen LogP contribution is -2.32. The highest BCUT2D eigenvalue weighted by Crippen LogP contribution is 2.34. The molecule has 0 aliphatic carbocycles. The zero-order valence-electron chi connectivity index (χ0n) is 17.1. The van der Waals surface area contributed by atoms with Crippen LogP contribution >= 0.6 is 46.6 Å². The number of hydrazone groups is 1. The molecule has 0 bridgehead atoms. The Hall–Kier alpha value is -2.71. The van der Waals surface area contributed by atoms with Gasteiger partial charge in [0, 0.05) is 12.6 Å². The third-order valence-corrected chi connectivity index (χ3v) is 6.19. The van der Waals surface area contributed by atoms with Gasteiger partial charge in [0.25, 0.3) is 11.8 Å². The van der Waals surface area contributed by atoms with Gasteiger partial charge in [-0.25, -0.2) is 5.43 Å². The van der Waals surface area contributed by atoms with Gasteiger partial charge < -0.3 is 4.74 Å². The number of nitrogens with zero attached hydrogens (tertiary/aromatic N) is 2. The summed E-state index contributed by atoms with van der Waals surface area (Å²) in [7, 11) is 0. The summed E-state index contributed by atoms with van der Waals surface area (Å²) in [4.78, 5) is 26.8. The number of ether oxygens (including phenoxy) is 1. The molecular formula is C23H18Cl3N3O3S. The van der Waals surface area contributed by atoms with E-state index in [1.807, 2.05) is 36.4 Å². The van der Waals surface area contributed by atoms with Crippen LogP contribution in [-0.4, -0.2) is 35.0 Å². The highest BCUT2D eigenvalue weighted by Gasteiger charge is 2.32. The van der Waals surface area contributed by atoms with Crippen LogP contribution in [0.15, 0.2) is 77.3 Å². The van der Waals surface area contributed by atoms with E-state index in [1.54, 1.807) is 18.2 Å². The number of rotatable bonds is 8. The fraction of sp³-hybridized carbons (Fsp3) is 0.0870. The Morgan fingerprint density at radius 2 is 1.88 bits per heavy atom. The molecule has 170 valence electrons. The Labute approximate surface area is 210 Å². The summed E-state index contributed by atoms with van der Waals surface area (Å²) in [6, 6.07) is 12.5. The summed E-state index contributed by atoms with van der Waals surface area (Å²) in [6.45, 7) is 3.55. The number of benzene rings is 2. The van der Waals surface area contributed by atoms with Gasteiger partial charge in [-0.05, 0) is 29.5 Å². The van der Waals surface area contributed by atoms with Gasteiger partial charge in [-0.15, -0.1) is 11.7 Å². The second-order valence-corrected chi connectivity index (χ2v) is 8.75. The molecule has 1 fully saturated rings. The first-order valence-corrected chi connectivity index (χ1v) is 11.5. The van der Waals surface area contributed by atoms with Crippen molar-refractivity contribution in [1.82, 2.24) is 10.3 Å². The van der Waals surface area contributed by atoms with Crippen molar-refractivity contribution in [3.05, 3.63) is 92.8 Å². The maximum absolute atomic E-state index is 12.7. The maximum atomic E-state index is 12.7. The monoisotopic (exact) mass is 521 g/mol. The van der Waals surface area contributed by atoms with Crippen molar-refractivity contribution < 1.29 is 14.3 Å². The molecule has 2 amide bonds. The zero-order valence-corrected chi connectivity index (χ0v) is 20.2. The molecule has 0 spiro atoms. The van der Waals surface area contributed by atoms with Crippen LogP contribution in [0.2, 0.25) is 15.1 Å². The van der Waals surface area contributed by atoms with Crippen molar-refractivity contribution in [3.63, 3.8) is 0 Å². The molecule has 10 heteroatoms. The predicted molar refractivity (Wildman–Crippen MR) is 136 cm³/mol. The largest absolute Gasteiger partial charge is 0.482 e. The number of amidine groups is 1. The number of amides is 2. The van der Waals surface area contributed by atoms with Crippen LogP contribution in [0.5, 0.6) is 5.75 Å². The molecule has 0 unspecified atom stereocenters. The summed E-state index contributed by atoms with van der Waals surface area (Å²) in [5.41, 5.74) is 3.39. The Balaban J connectivity index is 1.64. The molecule has 1 aliphatic rings. The smallest absolute Gasteiger partial charge is 0.278 e. The summed E-state index contributed by atoms with van der Waals surface area (Å²) in [5, 5.41) is 5.13. The zero-order chi connectivity index (χ0) is 23.8. The lowest BCUT2D eigenvalue weighted by atomic mass is 10.2. The maximum Gasteiger partial charge on any atom is 0.278 e. The van der Waals surface area contributed by atoms with Crippen LogP contribution in [0.3, 0.4) is 0 Å². The second kappa shape index (κ2) is 12.0. The first-order chi connectivity index (χ1) is 15.9. The van der Waals surface area contributed by atoms with Gasteiger partial charge in [-0.2, -0.15) is 0 Å². The van der Waals surface area contributed by atoms with Crippen LogP contribution in [0.4, 0.5) is 0 Å². The first-order valence-electron chi connectivity index (χ1n) is 9.57. The van der Waals surface area contributed by atoms with E-state index < -0.39 is 5.91 Å². The highest BCUT2D eigenvalue weighted by molar-refractivity contribution is 8.18. The van der Waals surface area contributed by atoms with Crippen LogP contribution in [0.1, 0.15) is 5.56 Å². The number of carbonyl (C=O) groups is 2. The topological polar surface area (TPSA) is 71.0 Å². The molecule has 0 atom stereocenters. The van der Waals surface area contributed by atoms with E-state index >= 15 is 0 Å². The molecule has 1 heterocycles. The minimum Gasteiger partial charge on any atom is -0.482 e. The summed E-state index contributed by atoms with van der Waals surface area (Å²) >= 11 is 19.0. The number of thioether (sulfide) groups is 1. The van der Waals surface area contributed by atoms with E-state index in [9.17, 15) is 9.59 Å². The minimum absolute atomic E-state index is 0.211. The molecule has 0 radical (unpaired) electrons. The van der Waals surface area contributed by atoms with Gasteiger partial charge in [0.15, 0.2) is 11.8 Å². The highest BCUT2D eigenvalue weighted by atomic mass is 35.5. The lowest BCUT2D eigenvalue weighted by molar-refractivity contribution is -0.124. The Morgan fingerprint density at radius 1 is 1.15 bits per heavy atom. The van der Waals surface area contributed by atoms with E-state index in [0.29, 0.717) is 10.1 Å². The molecule has 33 heavy (non-hydrogen) atoms. The van der Waals surface area contributed by atoms with E-state index in [1.165, 1.54) is 17.0 Å². The van der Waals surface area contributed by atoms with Crippen LogP contribution in [0.25, 0.3) is 6.08 Å².